The number of aromatic nitrogens is 1. The van der Waals surface area contributed by atoms with Crippen molar-refractivity contribution < 1.29 is 9.59 Å². The number of piperidine rings is 1. The molecule has 2 aliphatic rings. The van der Waals surface area contributed by atoms with Gasteiger partial charge in [0.2, 0.25) is 6.41 Å². The number of carbonyl (C=O) groups excluding carboxylic acids is 2. The summed E-state index contributed by atoms with van der Waals surface area (Å²) in [7, 11) is 0. The van der Waals surface area contributed by atoms with Crippen LogP contribution in [-0.2, 0) is 4.79 Å². The van der Waals surface area contributed by atoms with Gasteiger partial charge in [-0.15, -0.1) is 11.3 Å². The Kier molecular flexibility index (Phi) is 3.74. The second-order valence-corrected chi connectivity index (χ2v) is 7.38. The van der Waals surface area contributed by atoms with Gasteiger partial charge in [0.15, 0.2) is 0 Å². The van der Waals surface area contributed by atoms with E-state index in [0.29, 0.717) is 12.1 Å². The molecule has 1 unspecified atom stereocenters. The van der Waals surface area contributed by atoms with Gasteiger partial charge in [0, 0.05) is 35.4 Å². The maximum atomic E-state index is 12.5. The third kappa shape index (κ3) is 2.94. The van der Waals surface area contributed by atoms with Crippen LogP contribution in [0.1, 0.15) is 23.3 Å². The minimum atomic E-state index is -0.113. The Balaban J connectivity index is 1.49. The summed E-state index contributed by atoms with van der Waals surface area (Å²) in [5.41, 5.74) is 0.435. The predicted molar refractivity (Wildman–Crippen MR) is 89.7 cm³/mol. The first-order valence-electron chi connectivity index (χ1n) is 7.84. The molecule has 0 radical (unpaired) electrons. The van der Waals surface area contributed by atoms with Gasteiger partial charge < -0.3 is 15.5 Å². The number of fused-ring (bicyclic) bond motifs is 3. The predicted octanol–water partition coefficient (Wildman–Crippen LogP) is 1.69. The van der Waals surface area contributed by atoms with Gasteiger partial charge in [0.25, 0.3) is 5.91 Å². The van der Waals surface area contributed by atoms with Crippen LogP contribution in [0.15, 0.2) is 18.3 Å². The Morgan fingerprint density at radius 1 is 1.39 bits per heavy atom. The molecule has 7 heteroatoms. The van der Waals surface area contributed by atoms with Crippen molar-refractivity contribution in [3.05, 3.63) is 24.0 Å². The lowest BCUT2D eigenvalue weighted by Crippen LogP contribution is -2.47. The van der Waals surface area contributed by atoms with E-state index in [1.54, 1.807) is 12.3 Å². The molecule has 0 spiro atoms. The van der Waals surface area contributed by atoms with E-state index >= 15 is 0 Å². The molecule has 3 atom stereocenters. The summed E-state index contributed by atoms with van der Waals surface area (Å²) in [5.74, 6) is 0.608. The summed E-state index contributed by atoms with van der Waals surface area (Å²) in [6, 6.07) is 3.87. The molecular weight excluding hydrogens is 312 g/mol. The monoisotopic (exact) mass is 330 g/mol. The molecule has 6 nitrogen and oxygen atoms in total. The Morgan fingerprint density at radius 2 is 2.30 bits per heavy atom. The molecule has 23 heavy (non-hydrogen) atoms. The van der Waals surface area contributed by atoms with Crippen molar-refractivity contribution in [2.24, 2.45) is 5.92 Å². The molecular formula is C16H18N4O2S. The standard InChI is InChI=1S/C16H18N4O2S/c21-9-18-15-4-11-6-17-13(5-14(11)23-15)16(22)19-12-3-10-1-2-20(7-10)8-12/h4-6,9-10,12H,1-3,7-8H2,(H,18,21)(H,19,22)/t10-,12+/m0/s1. The van der Waals surface area contributed by atoms with Gasteiger partial charge in [-0.2, -0.15) is 0 Å². The van der Waals surface area contributed by atoms with Crippen LogP contribution in [0, 0.1) is 5.92 Å². The fourth-order valence-electron chi connectivity index (χ4n) is 3.61. The van der Waals surface area contributed by atoms with Crippen LogP contribution in [0.5, 0.6) is 0 Å². The summed E-state index contributed by atoms with van der Waals surface area (Å²) in [5, 5.41) is 7.44. The number of rotatable bonds is 4. The van der Waals surface area contributed by atoms with Crippen molar-refractivity contribution in [1.29, 1.82) is 0 Å². The molecule has 0 saturated carbocycles. The van der Waals surface area contributed by atoms with E-state index < -0.39 is 0 Å². The summed E-state index contributed by atoms with van der Waals surface area (Å²) in [6.07, 6.45) is 4.65. The van der Waals surface area contributed by atoms with Crippen molar-refractivity contribution in [2.75, 3.05) is 25.0 Å². The van der Waals surface area contributed by atoms with Crippen molar-refractivity contribution in [1.82, 2.24) is 15.2 Å². The van der Waals surface area contributed by atoms with Gasteiger partial charge in [-0.3, -0.25) is 14.6 Å². The van der Waals surface area contributed by atoms with E-state index in [-0.39, 0.29) is 11.9 Å². The third-order valence-electron chi connectivity index (χ3n) is 4.64. The number of amides is 2. The van der Waals surface area contributed by atoms with E-state index in [0.717, 1.165) is 40.5 Å². The quantitative estimate of drug-likeness (QED) is 0.837. The molecule has 2 amide bonds. The number of pyridine rings is 1. The fraction of sp³-hybridized carbons (Fsp3) is 0.438. The van der Waals surface area contributed by atoms with Crippen LogP contribution >= 0.6 is 11.3 Å². The van der Waals surface area contributed by atoms with Crippen LogP contribution < -0.4 is 10.6 Å². The molecule has 4 rings (SSSR count). The first-order chi connectivity index (χ1) is 11.2. The second kappa shape index (κ2) is 5.90. The summed E-state index contributed by atoms with van der Waals surface area (Å²) >= 11 is 1.44. The summed E-state index contributed by atoms with van der Waals surface area (Å²) < 4.78 is 0.946. The smallest absolute Gasteiger partial charge is 0.270 e. The normalized spacial score (nSPS) is 26.2. The molecule has 2 N–H and O–H groups in total. The molecule has 0 aromatic carbocycles. The minimum absolute atomic E-state index is 0.113. The molecule has 2 aromatic heterocycles. The highest BCUT2D eigenvalue weighted by Crippen LogP contribution is 2.30. The highest BCUT2D eigenvalue weighted by molar-refractivity contribution is 7.22. The largest absolute Gasteiger partial charge is 0.347 e. The number of hydrogen-bond donors (Lipinski definition) is 2. The average molecular weight is 330 g/mol. The molecule has 2 fully saturated rings. The van der Waals surface area contributed by atoms with Crippen LogP contribution in [-0.4, -0.2) is 47.9 Å². The van der Waals surface area contributed by atoms with Gasteiger partial charge in [-0.05, 0) is 37.4 Å². The SMILES string of the molecule is O=CNc1cc2cnc(C(=O)N[C@@H]3C[C@@H]4CCN(C4)C3)cc2s1. The van der Waals surface area contributed by atoms with Gasteiger partial charge in [-0.1, -0.05) is 0 Å². The van der Waals surface area contributed by atoms with Crippen molar-refractivity contribution >= 4 is 38.7 Å². The highest BCUT2D eigenvalue weighted by Gasteiger charge is 2.33. The number of nitrogens with one attached hydrogen (secondary N) is 2. The zero-order chi connectivity index (χ0) is 15.8. The first kappa shape index (κ1) is 14.6. The highest BCUT2D eigenvalue weighted by atomic mass is 32.1. The Hall–Kier alpha value is -1.99. The summed E-state index contributed by atoms with van der Waals surface area (Å²) in [6.45, 7) is 3.28. The van der Waals surface area contributed by atoms with Gasteiger partial charge in [0.05, 0.1) is 5.00 Å². The maximum Gasteiger partial charge on any atom is 0.270 e. The van der Waals surface area contributed by atoms with Gasteiger partial charge >= 0.3 is 0 Å². The average Bonchev–Trinajstić information content (AvgIpc) is 3.09. The number of hydrogen-bond acceptors (Lipinski definition) is 5. The van der Waals surface area contributed by atoms with E-state index in [1.165, 1.54) is 24.3 Å². The molecule has 2 aliphatic heterocycles. The maximum absolute atomic E-state index is 12.5. The molecule has 2 bridgehead atoms. The second-order valence-electron chi connectivity index (χ2n) is 6.30. The molecule has 0 aliphatic carbocycles. The Bertz CT molecular complexity index is 748. The summed E-state index contributed by atoms with van der Waals surface area (Å²) in [4.78, 5) is 29.7. The van der Waals surface area contributed by atoms with Crippen LogP contribution in [0.3, 0.4) is 0 Å². The Labute approximate surface area is 137 Å². The first-order valence-corrected chi connectivity index (χ1v) is 8.66. The van der Waals surface area contributed by atoms with Crippen molar-refractivity contribution in [2.45, 2.75) is 18.9 Å². The number of anilines is 1. The van der Waals surface area contributed by atoms with E-state index in [4.69, 9.17) is 0 Å². The number of thiophene rings is 1. The topological polar surface area (TPSA) is 74.3 Å². The zero-order valence-electron chi connectivity index (χ0n) is 12.6. The van der Waals surface area contributed by atoms with Crippen LogP contribution in [0.25, 0.3) is 10.1 Å². The third-order valence-corrected chi connectivity index (χ3v) is 5.67. The van der Waals surface area contributed by atoms with E-state index in [9.17, 15) is 9.59 Å². The van der Waals surface area contributed by atoms with Crippen LogP contribution in [0.4, 0.5) is 5.00 Å². The zero-order valence-corrected chi connectivity index (χ0v) is 13.4. The Morgan fingerprint density at radius 3 is 3.13 bits per heavy atom. The lowest BCUT2D eigenvalue weighted by Gasteiger charge is -2.30. The van der Waals surface area contributed by atoms with E-state index in [1.807, 2.05) is 6.07 Å². The number of carbonyl (C=O) groups is 2. The molecule has 2 saturated heterocycles. The molecule has 2 aromatic rings. The molecule has 120 valence electrons. The van der Waals surface area contributed by atoms with Crippen molar-refractivity contribution in [3.63, 3.8) is 0 Å². The fourth-order valence-corrected chi connectivity index (χ4v) is 4.54. The van der Waals surface area contributed by atoms with Crippen molar-refractivity contribution in [3.8, 4) is 0 Å². The van der Waals surface area contributed by atoms with Crippen LogP contribution in [0.2, 0.25) is 0 Å². The molecule has 4 heterocycles. The lowest BCUT2D eigenvalue weighted by molar-refractivity contribution is -0.105. The van der Waals surface area contributed by atoms with E-state index in [2.05, 4.69) is 20.5 Å². The number of nitrogens with zero attached hydrogens (tertiary/aromatic N) is 2. The van der Waals surface area contributed by atoms with Gasteiger partial charge in [-0.25, -0.2) is 0 Å². The minimum Gasteiger partial charge on any atom is -0.347 e. The lowest BCUT2D eigenvalue weighted by atomic mass is 9.97. The van der Waals surface area contributed by atoms with Gasteiger partial charge in [0.1, 0.15) is 5.69 Å².